The fourth-order valence-corrected chi connectivity index (χ4v) is 2.56. The molecule has 1 saturated carbocycles. The summed E-state index contributed by atoms with van der Waals surface area (Å²) in [5, 5.41) is 7.37. The Morgan fingerprint density at radius 1 is 1.21 bits per heavy atom. The summed E-state index contributed by atoms with van der Waals surface area (Å²) in [5.41, 5.74) is 5.89. The molecule has 1 heterocycles. The number of rotatable bonds is 4. The molecule has 0 aromatic heterocycles. The van der Waals surface area contributed by atoms with E-state index in [0.29, 0.717) is 11.3 Å². The molecule has 1 saturated heterocycles. The largest absolute Gasteiger partial charge is 0.388 e. The first-order chi connectivity index (χ1) is 6.70. The minimum atomic E-state index is 0.375. The fraction of sp³-hybridized carbons (Fsp3) is 0.909. The normalized spacial score (nSPS) is 26.0. The Kier molecular flexibility index (Phi) is 2.77. The zero-order valence-corrected chi connectivity index (χ0v) is 8.89. The first-order valence-electron chi connectivity index (χ1n) is 5.76. The zero-order chi connectivity index (χ0) is 10.0. The smallest absolute Gasteiger partial charge is 0.0911 e. The van der Waals surface area contributed by atoms with Gasteiger partial charge in [0.05, 0.1) is 5.84 Å². The van der Waals surface area contributed by atoms with Gasteiger partial charge in [0.1, 0.15) is 0 Å². The molecule has 0 radical (unpaired) electrons. The fourth-order valence-electron chi connectivity index (χ4n) is 2.56. The van der Waals surface area contributed by atoms with Crippen LogP contribution in [-0.2, 0) is 0 Å². The first kappa shape index (κ1) is 9.97. The van der Waals surface area contributed by atoms with Crippen LogP contribution in [0.2, 0.25) is 0 Å². The van der Waals surface area contributed by atoms with Crippen LogP contribution in [0, 0.1) is 10.8 Å². The SMILES string of the molecule is N=C(N)CC1(CN2CCCCC2)CC1. The molecule has 1 aliphatic carbocycles. The lowest BCUT2D eigenvalue weighted by molar-refractivity contribution is 0.188. The molecule has 0 spiro atoms. The predicted molar refractivity (Wildman–Crippen MR) is 58.5 cm³/mol. The minimum Gasteiger partial charge on any atom is -0.388 e. The molecule has 2 fully saturated rings. The third-order valence-corrected chi connectivity index (χ3v) is 3.53. The predicted octanol–water partition coefficient (Wildman–Crippen LogP) is 1.58. The van der Waals surface area contributed by atoms with Crippen molar-refractivity contribution in [1.82, 2.24) is 4.90 Å². The van der Waals surface area contributed by atoms with Crippen molar-refractivity contribution in [3.05, 3.63) is 0 Å². The van der Waals surface area contributed by atoms with Gasteiger partial charge in [-0.15, -0.1) is 0 Å². The van der Waals surface area contributed by atoms with E-state index in [-0.39, 0.29) is 0 Å². The number of nitrogens with zero attached hydrogens (tertiary/aromatic N) is 1. The van der Waals surface area contributed by atoms with E-state index in [4.69, 9.17) is 11.1 Å². The molecule has 0 aromatic rings. The van der Waals surface area contributed by atoms with Crippen LogP contribution in [0.25, 0.3) is 0 Å². The van der Waals surface area contributed by atoms with Crippen LogP contribution in [0.3, 0.4) is 0 Å². The molecule has 0 unspecified atom stereocenters. The van der Waals surface area contributed by atoms with Gasteiger partial charge in [0.25, 0.3) is 0 Å². The Balaban J connectivity index is 1.80. The van der Waals surface area contributed by atoms with Crippen molar-refractivity contribution < 1.29 is 0 Å². The summed E-state index contributed by atoms with van der Waals surface area (Å²) in [4.78, 5) is 2.57. The Labute approximate surface area is 86.2 Å². The van der Waals surface area contributed by atoms with E-state index in [1.807, 2.05) is 0 Å². The van der Waals surface area contributed by atoms with Crippen LogP contribution in [0.5, 0.6) is 0 Å². The lowest BCUT2D eigenvalue weighted by atomic mass is 9.99. The highest BCUT2D eigenvalue weighted by atomic mass is 15.1. The lowest BCUT2D eigenvalue weighted by Gasteiger charge is -2.30. The quantitative estimate of drug-likeness (QED) is 0.528. The van der Waals surface area contributed by atoms with E-state index in [1.165, 1.54) is 51.7 Å². The number of piperidine rings is 1. The van der Waals surface area contributed by atoms with Gasteiger partial charge >= 0.3 is 0 Å². The summed E-state index contributed by atoms with van der Waals surface area (Å²) in [6.45, 7) is 3.71. The van der Waals surface area contributed by atoms with Crippen molar-refractivity contribution in [3.8, 4) is 0 Å². The van der Waals surface area contributed by atoms with E-state index in [1.54, 1.807) is 0 Å². The van der Waals surface area contributed by atoms with E-state index in [0.717, 1.165) is 6.42 Å². The Morgan fingerprint density at radius 3 is 2.36 bits per heavy atom. The molecule has 0 aromatic carbocycles. The van der Waals surface area contributed by atoms with Crippen LogP contribution in [0.1, 0.15) is 38.5 Å². The van der Waals surface area contributed by atoms with Gasteiger partial charge < -0.3 is 10.6 Å². The lowest BCUT2D eigenvalue weighted by Crippen LogP contribution is -2.36. The number of nitrogens with one attached hydrogen (secondary N) is 1. The minimum absolute atomic E-state index is 0.375. The molecule has 0 atom stereocenters. The number of hydrogen-bond acceptors (Lipinski definition) is 2. The van der Waals surface area contributed by atoms with Gasteiger partial charge in [-0.25, -0.2) is 0 Å². The van der Waals surface area contributed by atoms with Gasteiger partial charge in [-0.1, -0.05) is 6.42 Å². The van der Waals surface area contributed by atoms with E-state index in [9.17, 15) is 0 Å². The number of likely N-dealkylation sites (tertiary alicyclic amines) is 1. The van der Waals surface area contributed by atoms with Crippen molar-refractivity contribution in [3.63, 3.8) is 0 Å². The summed E-state index contributed by atoms with van der Waals surface area (Å²) >= 11 is 0. The standard InChI is InChI=1S/C11H21N3/c12-10(13)8-11(4-5-11)9-14-6-2-1-3-7-14/h1-9H2,(H3,12,13). The number of nitrogens with two attached hydrogens (primary N) is 1. The van der Waals surface area contributed by atoms with Crippen molar-refractivity contribution in [1.29, 1.82) is 5.41 Å². The van der Waals surface area contributed by atoms with Crippen molar-refractivity contribution in [2.75, 3.05) is 19.6 Å². The van der Waals surface area contributed by atoms with Gasteiger partial charge in [-0.05, 0) is 44.2 Å². The molecule has 2 rings (SSSR count). The van der Waals surface area contributed by atoms with Crippen molar-refractivity contribution in [2.45, 2.75) is 38.5 Å². The summed E-state index contributed by atoms with van der Waals surface area (Å²) in [6, 6.07) is 0. The van der Waals surface area contributed by atoms with Gasteiger partial charge in [0.2, 0.25) is 0 Å². The number of hydrogen-bond donors (Lipinski definition) is 2. The zero-order valence-electron chi connectivity index (χ0n) is 8.89. The molecule has 80 valence electrons. The second kappa shape index (κ2) is 3.89. The molecule has 3 heteroatoms. The summed E-state index contributed by atoms with van der Waals surface area (Å²) < 4.78 is 0. The summed E-state index contributed by atoms with van der Waals surface area (Å²) in [7, 11) is 0. The van der Waals surface area contributed by atoms with Crippen LogP contribution >= 0.6 is 0 Å². The first-order valence-corrected chi connectivity index (χ1v) is 5.76. The van der Waals surface area contributed by atoms with Gasteiger partial charge in [0.15, 0.2) is 0 Å². The van der Waals surface area contributed by atoms with E-state index in [2.05, 4.69) is 4.90 Å². The Morgan fingerprint density at radius 2 is 1.86 bits per heavy atom. The maximum atomic E-state index is 7.37. The maximum Gasteiger partial charge on any atom is 0.0911 e. The molecule has 3 nitrogen and oxygen atoms in total. The second-order valence-electron chi connectivity index (χ2n) is 5.04. The topological polar surface area (TPSA) is 53.1 Å². The van der Waals surface area contributed by atoms with Crippen molar-refractivity contribution >= 4 is 5.84 Å². The summed E-state index contributed by atoms with van der Waals surface area (Å²) in [6.07, 6.45) is 7.50. The second-order valence-corrected chi connectivity index (χ2v) is 5.04. The highest BCUT2D eigenvalue weighted by molar-refractivity contribution is 5.78. The van der Waals surface area contributed by atoms with E-state index < -0.39 is 0 Å². The molecular formula is C11H21N3. The van der Waals surface area contributed by atoms with Crippen LogP contribution in [0.4, 0.5) is 0 Å². The Hall–Kier alpha value is -0.570. The third-order valence-electron chi connectivity index (χ3n) is 3.53. The van der Waals surface area contributed by atoms with E-state index >= 15 is 0 Å². The molecule has 0 bridgehead atoms. The van der Waals surface area contributed by atoms with Gasteiger partial charge in [-0.3, -0.25) is 5.41 Å². The monoisotopic (exact) mass is 195 g/mol. The molecule has 2 aliphatic rings. The van der Waals surface area contributed by atoms with Crippen LogP contribution < -0.4 is 5.73 Å². The highest BCUT2D eigenvalue weighted by Gasteiger charge is 2.44. The third kappa shape index (κ3) is 2.47. The Bertz CT molecular complexity index is 215. The molecular weight excluding hydrogens is 174 g/mol. The molecule has 0 amide bonds. The van der Waals surface area contributed by atoms with Gasteiger partial charge in [0, 0.05) is 13.0 Å². The number of amidine groups is 1. The average Bonchev–Trinajstić information content (AvgIpc) is 2.85. The molecule has 1 aliphatic heterocycles. The van der Waals surface area contributed by atoms with Gasteiger partial charge in [-0.2, -0.15) is 0 Å². The molecule has 3 N–H and O–H groups in total. The van der Waals surface area contributed by atoms with Crippen LogP contribution in [0.15, 0.2) is 0 Å². The maximum absolute atomic E-state index is 7.37. The van der Waals surface area contributed by atoms with Crippen LogP contribution in [-0.4, -0.2) is 30.4 Å². The average molecular weight is 195 g/mol. The molecule has 14 heavy (non-hydrogen) atoms. The van der Waals surface area contributed by atoms with Crippen molar-refractivity contribution in [2.24, 2.45) is 11.1 Å². The highest BCUT2D eigenvalue weighted by Crippen LogP contribution is 2.49. The summed E-state index contributed by atoms with van der Waals surface area (Å²) in [5.74, 6) is 0.375.